The van der Waals surface area contributed by atoms with Gasteiger partial charge in [0.05, 0.1) is 26.4 Å². The normalized spacial score (nSPS) is 10.3. The van der Waals surface area contributed by atoms with Gasteiger partial charge in [0.2, 0.25) is 0 Å². The molecule has 0 atom stereocenters. The Morgan fingerprint density at radius 3 is 2.12 bits per heavy atom. The van der Waals surface area contributed by atoms with Gasteiger partial charge in [0, 0.05) is 12.1 Å². The zero-order valence-corrected chi connectivity index (χ0v) is 20.4. The van der Waals surface area contributed by atoms with Crippen molar-refractivity contribution < 1.29 is 23.3 Å². The summed E-state index contributed by atoms with van der Waals surface area (Å²) in [6.45, 7) is 1.71. The van der Waals surface area contributed by atoms with Crippen LogP contribution in [0.3, 0.4) is 0 Å². The molecule has 0 spiro atoms. The summed E-state index contributed by atoms with van der Waals surface area (Å²) >= 11 is 6.07. The van der Waals surface area contributed by atoms with E-state index < -0.39 is 0 Å². The molecule has 0 unspecified atom stereocenters. The molecule has 178 valence electrons. The number of hydrogen-bond donors (Lipinski definition) is 1. The van der Waals surface area contributed by atoms with E-state index in [2.05, 4.69) is 5.32 Å². The zero-order chi connectivity index (χ0) is 22.9. The fourth-order valence-electron chi connectivity index (χ4n) is 3.24. The van der Waals surface area contributed by atoms with E-state index >= 15 is 0 Å². The van der Waals surface area contributed by atoms with Crippen molar-refractivity contribution in [1.82, 2.24) is 5.32 Å². The number of methoxy groups -OCH3 is 3. The van der Waals surface area contributed by atoms with Crippen LogP contribution in [0, 0.1) is 5.82 Å². The molecule has 0 aliphatic heterocycles. The van der Waals surface area contributed by atoms with E-state index in [-0.39, 0.29) is 24.8 Å². The molecule has 5 nitrogen and oxygen atoms in total. The number of halogens is 3. The molecule has 0 aromatic heterocycles. The monoisotopic (exact) mass is 495 g/mol. The molecule has 0 aliphatic rings. The maximum absolute atomic E-state index is 13.2. The van der Waals surface area contributed by atoms with Crippen molar-refractivity contribution in [3.8, 4) is 23.0 Å². The molecule has 0 saturated carbocycles. The molecule has 1 N–H and O–H groups in total. The Bertz CT molecular complexity index is 1050. The molecule has 0 radical (unpaired) electrons. The van der Waals surface area contributed by atoms with Crippen LogP contribution >= 0.6 is 24.0 Å². The molecule has 0 fully saturated rings. The van der Waals surface area contributed by atoms with Gasteiger partial charge < -0.3 is 24.3 Å². The highest BCUT2D eigenvalue weighted by Gasteiger charge is 2.09. The van der Waals surface area contributed by atoms with Crippen LogP contribution in [-0.2, 0) is 19.6 Å². The number of benzene rings is 3. The minimum Gasteiger partial charge on any atom is -0.493 e. The van der Waals surface area contributed by atoms with Crippen molar-refractivity contribution in [3.05, 3.63) is 82.1 Å². The lowest BCUT2D eigenvalue weighted by molar-refractivity contribution is 0.284. The molecule has 33 heavy (non-hydrogen) atoms. The average molecular weight is 496 g/mol. The molecular formula is C25H28Cl2FNO4. The zero-order valence-electron chi connectivity index (χ0n) is 18.8. The van der Waals surface area contributed by atoms with Crippen LogP contribution in [0.2, 0.25) is 5.02 Å². The van der Waals surface area contributed by atoms with Crippen molar-refractivity contribution in [2.45, 2.75) is 19.6 Å². The minimum atomic E-state index is -0.376. The maximum atomic E-state index is 13.2. The van der Waals surface area contributed by atoms with E-state index in [9.17, 15) is 4.39 Å². The molecular weight excluding hydrogens is 468 g/mol. The predicted molar refractivity (Wildman–Crippen MR) is 131 cm³/mol. The summed E-state index contributed by atoms with van der Waals surface area (Å²) in [5.41, 5.74) is 2.94. The number of nitrogens with one attached hydrogen (secondary N) is 1. The number of ether oxygens (including phenoxy) is 4. The van der Waals surface area contributed by atoms with Crippen LogP contribution in [0.25, 0.3) is 0 Å². The van der Waals surface area contributed by atoms with Gasteiger partial charge in [-0.2, -0.15) is 0 Å². The standard InChI is InChI=1S/C25H27ClFNO4.ClH/c1-29-22-8-4-17(12-24(22)30-2)10-11-28-15-18-5-9-23(25(13-18)31-3)32-16-19-6-7-20(27)14-21(19)26;/h4-9,12-14,28H,10-11,15-16H2,1-3H3;1H. The second kappa shape index (κ2) is 13.1. The van der Waals surface area contributed by atoms with Gasteiger partial charge in [-0.05, 0) is 60.5 Å². The van der Waals surface area contributed by atoms with Crippen LogP contribution in [0.1, 0.15) is 16.7 Å². The first kappa shape index (κ1) is 26.6. The third-order valence-electron chi connectivity index (χ3n) is 4.99. The lowest BCUT2D eigenvalue weighted by Crippen LogP contribution is -2.16. The Hall–Kier alpha value is -2.67. The number of hydrogen-bond acceptors (Lipinski definition) is 5. The van der Waals surface area contributed by atoms with Crippen LogP contribution in [0.15, 0.2) is 54.6 Å². The van der Waals surface area contributed by atoms with Crippen LogP contribution < -0.4 is 24.3 Å². The number of rotatable bonds is 11. The Kier molecular flexibility index (Phi) is 10.6. The summed E-state index contributed by atoms with van der Waals surface area (Å²) in [7, 11) is 4.86. The molecule has 3 rings (SSSR count). The quantitative estimate of drug-likeness (QED) is 0.338. The summed E-state index contributed by atoms with van der Waals surface area (Å²) in [5.74, 6) is 2.30. The lowest BCUT2D eigenvalue weighted by Gasteiger charge is -2.13. The van der Waals surface area contributed by atoms with Gasteiger partial charge in [-0.15, -0.1) is 12.4 Å². The average Bonchev–Trinajstić information content (AvgIpc) is 2.81. The van der Waals surface area contributed by atoms with E-state index in [1.807, 2.05) is 36.4 Å². The van der Waals surface area contributed by atoms with Gasteiger partial charge in [0.25, 0.3) is 0 Å². The molecule has 0 bridgehead atoms. The topological polar surface area (TPSA) is 49.0 Å². The Labute approximate surface area is 205 Å². The Morgan fingerprint density at radius 1 is 0.788 bits per heavy atom. The maximum Gasteiger partial charge on any atom is 0.161 e. The predicted octanol–water partition coefficient (Wildman–Crippen LogP) is 5.84. The van der Waals surface area contributed by atoms with Gasteiger partial charge in [-0.1, -0.05) is 29.8 Å². The third kappa shape index (κ3) is 7.42. The van der Waals surface area contributed by atoms with E-state index in [0.29, 0.717) is 28.6 Å². The summed E-state index contributed by atoms with van der Waals surface area (Å²) in [4.78, 5) is 0. The Morgan fingerprint density at radius 2 is 1.42 bits per heavy atom. The van der Waals surface area contributed by atoms with E-state index in [1.54, 1.807) is 27.4 Å². The summed E-state index contributed by atoms with van der Waals surface area (Å²) in [6, 6.07) is 16.0. The highest BCUT2D eigenvalue weighted by molar-refractivity contribution is 6.31. The molecule has 3 aromatic rings. The molecule has 0 amide bonds. The van der Waals surface area contributed by atoms with Crippen LogP contribution in [0.4, 0.5) is 4.39 Å². The fraction of sp³-hybridized carbons (Fsp3) is 0.280. The van der Waals surface area contributed by atoms with Crippen molar-refractivity contribution >= 4 is 24.0 Å². The lowest BCUT2D eigenvalue weighted by atomic mass is 10.1. The van der Waals surface area contributed by atoms with Crippen molar-refractivity contribution in [2.75, 3.05) is 27.9 Å². The van der Waals surface area contributed by atoms with Crippen LogP contribution in [0.5, 0.6) is 23.0 Å². The first-order valence-electron chi connectivity index (χ1n) is 10.2. The second-order valence-corrected chi connectivity index (χ2v) is 7.53. The van der Waals surface area contributed by atoms with Gasteiger partial charge in [0.1, 0.15) is 12.4 Å². The molecule has 3 aromatic carbocycles. The summed E-state index contributed by atoms with van der Waals surface area (Å²) in [6.07, 6.45) is 0.858. The molecule has 0 saturated heterocycles. The van der Waals surface area contributed by atoms with Gasteiger partial charge in [-0.3, -0.25) is 0 Å². The fourth-order valence-corrected chi connectivity index (χ4v) is 3.46. The Balaban J connectivity index is 0.00000385. The highest BCUT2D eigenvalue weighted by Crippen LogP contribution is 2.30. The second-order valence-electron chi connectivity index (χ2n) is 7.13. The van der Waals surface area contributed by atoms with Gasteiger partial charge >= 0.3 is 0 Å². The highest BCUT2D eigenvalue weighted by atomic mass is 35.5. The van der Waals surface area contributed by atoms with Gasteiger partial charge in [-0.25, -0.2) is 4.39 Å². The van der Waals surface area contributed by atoms with Crippen molar-refractivity contribution in [1.29, 1.82) is 0 Å². The van der Waals surface area contributed by atoms with E-state index in [4.69, 9.17) is 30.5 Å². The van der Waals surface area contributed by atoms with Crippen molar-refractivity contribution in [3.63, 3.8) is 0 Å². The first-order chi connectivity index (χ1) is 15.5. The third-order valence-corrected chi connectivity index (χ3v) is 5.35. The largest absolute Gasteiger partial charge is 0.493 e. The minimum absolute atomic E-state index is 0. The van der Waals surface area contributed by atoms with Crippen LogP contribution in [-0.4, -0.2) is 27.9 Å². The first-order valence-corrected chi connectivity index (χ1v) is 10.6. The molecule has 8 heteroatoms. The SMILES string of the molecule is COc1ccc(CCNCc2ccc(OCc3ccc(F)cc3Cl)c(OC)c2)cc1OC.Cl. The smallest absolute Gasteiger partial charge is 0.161 e. The van der Waals surface area contributed by atoms with Crippen molar-refractivity contribution in [2.24, 2.45) is 0 Å². The molecule has 0 heterocycles. The molecule has 0 aliphatic carbocycles. The van der Waals surface area contributed by atoms with E-state index in [0.717, 1.165) is 35.6 Å². The summed E-state index contributed by atoms with van der Waals surface area (Å²) in [5, 5.41) is 3.77. The summed E-state index contributed by atoms with van der Waals surface area (Å²) < 4.78 is 35.1. The van der Waals surface area contributed by atoms with E-state index in [1.165, 1.54) is 12.1 Å². The van der Waals surface area contributed by atoms with Gasteiger partial charge in [0.15, 0.2) is 23.0 Å².